The van der Waals surface area contributed by atoms with Crippen molar-refractivity contribution in [3.8, 4) is 0 Å². The summed E-state index contributed by atoms with van der Waals surface area (Å²) in [4.78, 5) is 2.46. The number of rotatable bonds is 3. The molecular formula is C12H21N3O. The van der Waals surface area contributed by atoms with E-state index in [-0.39, 0.29) is 6.04 Å². The minimum absolute atomic E-state index is 0.211. The molecule has 2 rings (SSSR count). The number of aryl methyl sites for hydroxylation is 2. The van der Waals surface area contributed by atoms with Crippen LogP contribution < -0.4 is 5.73 Å². The summed E-state index contributed by atoms with van der Waals surface area (Å²) in [6.07, 6.45) is 2.22. The van der Waals surface area contributed by atoms with Crippen molar-refractivity contribution in [2.24, 2.45) is 5.73 Å². The maximum absolute atomic E-state index is 6.22. The summed E-state index contributed by atoms with van der Waals surface area (Å²) in [7, 11) is 0. The molecule has 0 aliphatic carbocycles. The predicted molar refractivity (Wildman–Crippen MR) is 63.2 cm³/mol. The molecule has 0 saturated carbocycles. The van der Waals surface area contributed by atoms with Crippen LogP contribution in [0.4, 0.5) is 0 Å². The molecule has 4 nitrogen and oxygen atoms in total. The van der Waals surface area contributed by atoms with E-state index in [9.17, 15) is 0 Å². The average Bonchev–Trinajstić information content (AvgIpc) is 2.74. The fraction of sp³-hybridized carbons (Fsp3) is 0.750. The number of hydrogen-bond acceptors (Lipinski definition) is 4. The van der Waals surface area contributed by atoms with Gasteiger partial charge in [0.2, 0.25) is 0 Å². The molecule has 1 aromatic rings. The highest BCUT2D eigenvalue weighted by Crippen LogP contribution is 2.34. The van der Waals surface area contributed by atoms with E-state index in [4.69, 9.17) is 10.3 Å². The molecule has 1 fully saturated rings. The summed E-state index contributed by atoms with van der Waals surface area (Å²) < 4.78 is 5.25. The van der Waals surface area contributed by atoms with Gasteiger partial charge in [0, 0.05) is 18.2 Å². The Bertz CT molecular complexity index is 340. The monoisotopic (exact) mass is 223 g/mol. The van der Waals surface area contributed by atoms with Crippen LogP contribution in [-0.2, 0) is 0 Å². The number of likely N-dealkylation sites (tertiary alicyclic amines) is 1. The van der Waals surface area contributed by atoms with Crippen molar-refractivity contribution in [3.63, 3.8) is 0 Å². The van der Waals surface area contributed by atoms with Crippen LogP contribution in [0, 0.1) is 13.8 Å². The molecule has 0 spiro atoms. The van der Waals surface area contributed by atoms with E-state index in [0.29, 0.717) is 6.04 Å². The van der Waals surface area contributed by atoms with Crippen molar-refractivity contribution in [2.45, 2.75) is 45.7 Å². The lowest BCUT2D eigenvalue weighted by Crippen LogP contribution is -2.33. The van der Waals surface area contributed by atoms with Gasteiger partial charge in [0.25, 0.3) is 0 Å². The summed E-state index contributed by atoms with van der Waals surface area (Å²) in [6.45, 7) is 8.37. The topological polar surface area (TPSA) is 55.3 Å². The summed E-state index contributed by atoms with van der Waals surface area (Å²) in [6, 6.07) is 0.509. The first-order valence-corrected chi connectivity index (χ1v) is 6.07. The molecule has 0 amide bonds. The largest absolute Gasteiger partial charge is 0.361 e. The highest BCUT2D eigenvalue weighted by Gasteiger charge is 2.35. The maximum atomic E-state index is 6.22. The fourth-order valence-electron chi connectivity index (χ4n) is 2.73. The van der Waals surface area contributed by atoms with Gasteiger partial charge >= 0.3 is 0 Å². The highest BCUT2D eigenvalue weighted by atomic mass is 16.5. The van der Waals surface area contributed by atoms with Gasteiger partial charge in [0.15, 0.2) is 0 Å². The third-order valence-electron chi connectivity index (χ3n) is 3.44. The van der Waals surface area contributed by atoms with Crippen LogP contribution in [0.1, 0.15) is 42.8 Å². The smallest absolute Gasteiger partial charge is 0.138 e. The van der Waals surface area contributed by atoms with Gasteiger partial charge in [-0.05, 0) is 33.2 Å². The molecule has 1 aliphatic rings. The van der Waals surface area contributed by atoms with Crippen LogP contribution in [0.3, 0.4) is 0 Å². The van der Waals surface area contributed by atoms with Gasteiger partial charge in [0.05, 0.1) is 11.7 Å². The maximum Gasteiger partial charge on any atom is 0.138 e. The molecule has 0 radical (unpaired) electrons. The van der Waals surface area contributed by atoms with Gasteiger partial charge < -0.3 is 10.3 Å². The lowest BCUT2D eigenvalue weighted by Gasteiger charge is -2.26. The highest BCUT2D eigenvalue weighted by molar-refractivity contribution is 5.27. The molecule has 16 heavy (non-hydrogen) atoms. The summed E-state index contributed by atoms with van der Waals surface area (Å²) in [5.41, 5.74) is 8.41. The first kappa shape index (κ1) is 11.6. The van der Waals surface area contributed by atoms with Crippen molar-refractivity contribution in [2.75, 3.05) is 13.1 Å². The average molecular weight is 223 g/mol. The van der Waals surface area contributed by atoms with E-state index in [0.717, 1.165) is 37.4 Å². The van der Waals surface area contributed by atoms with E-state index >= 15 is 0 Å². The summed E-state index contributed by atoms with van der Waals surface area (Å²) in [5.74, 6) is 0.918. The Kier molecular flexibility index (Phi) is 3.30. The van der Waals surface area contributed by atoms with E-state index in [1.54, 1.807) is 0 Å². The van der Waals surface area contributed by atoms with Gasteiger partial charge in [-0.3, -0.25) is 4.90 Å². The molecule has 2 atom stereocenters. The zero-order valence-corrected chi connectivity index (χ0v) is 10.4. The third-order valence-corrected chi connectivity index (χ3v) is 3.44. The lowest BCUT2D eigenvalue weighted by molar-refractivity contribution is 0.245. The molecule has 2 unspecified atom stereocenters. The Morgan fingerprint density at radius 2 is 2.25 bits per heavy atom. The van der Waals surface area contributed by atoms with Crippen LogP contribution in [0.2, 0.25) is 0 Å². The van der Waals surface area contributed by atoms with Crippen molar-refractivity contribution >= 4 is 0 Å². The molecule has 2 N–H and O–H groups in total. The molecule has 2 heterocycles. The minimum atomic E-state index is 0.211. The fourth-order valence-corrected chi connectivity index (χ4v) is 2.73. The number of aromatic nitrogens is 1. The first-order chi connectivity index (χ1) is 7.65. The Morgan fingerprint density at radius 1 is 1.50 bits per heavy atom. The van der Waals surface area contributed by atoms with Gasteiger partial charge in [0.1, 0.15) is 5.76 Å². The van der Waals surface area contributed by atoms with Crippen LogP contribution in [0.15, 0.2) is 4.52 Å². The van der Waals surface area contributed by atoms with E-state index in [1.807, 2.05) is 13.8 Å². The second kappa shape index (κ2) is 4.55. The predicted octanol–water partition coefficient (Wildman–Crippen LogP) is 1.78. The van der Waals surface area contributed by atoms with Crippen LogP contribution in [0.25, 0.3) is 0 Å². The Balaban J connectivity index is 2.29. The van der Waals surface area contributed by atoms with Gasteiger partial charge in [-0.2, -0.15) is 0 Å². The zero-order chi connectivity index (χ0) is 11.7. The molecule has 1 aromatic heterocycles. The molecule has 1 saturated heterocycles. The molecule has 0 aromatic carbocycles. The number of hydrogen-bond donors (Lipinski definition) is 1. The Morgan fingerprint density at radius 3 is 2.81 bits per heavy atom. The van der Waals surface area contributed by atoms with E-state index in [1.165, 1.54) is 5.56 Å². The number of nitrogens with zero attached hydrogens (tertiary/aromatic N) is 2. The molecule has 1 aliphatic heterocycles. The van der Waals surface area contributed by atoms with Gasteiger partial charge in [-0.15, -0.1) is 0 Å². The Hall–Kier alpha value is -0.870. The van der Waals surface area contributed by atoms with Crippen molar-refractivity contribution in [1.82, 2.24) is 10.1 Å². The van der Waals surface area contributed by atoms with E-state index < -0.39 is 0 Å². The van der Waals surface area contributed by atoms with Crippen molar-refractivity contribution in [3.05, 3.63) is 17.0 Å². The van der Waals surface area contributed by atoms with E-state index in [2.05, 4.69) is 17.0 Å². The normalized spacial score (nSPS) is 26.5. The second-order valence-electron chi connectivity index (χ2n) is 4.67. The van der Waals surface area contributed by atoms with Crippen LogP contribution in [0.5, 0.6) is 0 Å². The SMILES string of the molecule is CCCN1CCC(N)C1c1c(C)noc1C. The number of nitrogens with two attached hydrogens (primary N) is 1. The van der Waals surface area contributed by atoms with Crippen LogP contribution in [-0.4, -0.2) is 29.2 Å². The quantitative estimate of drug-likeness (QED) is 0.848. The first-order valence-electron chi connectivity index (χ1n) is 6.07. The third kappa shape index (κ3) is 1.87. The van der Waals surface area contributed by atoms with Crippen molar-refractivity contribution < 1.29 is 4.52 Å². The Labute approximate surface area is 96.8 Å². The molecule has 4 heteroatoms. The lowest BCUT2D eigenvalue weighted by atomic mass is 9.99. The molecular weight excluding hydrogens is 202 g/mol. The molecule has 0 bridgehead atoms. The van der Waals surface area contributed by atoms with Crippen LogP contribution >= 0.6 is 0 Å². The van der Waals surface area contributed by atoms with Gasteiger partial charge in [-0.1, -0.05) is 12.1 Å². The standard InChI is InChI=1S/C12H21N3O/c1-4-6-15-7-5-10(13)12(15)11-8(2)14-16-9(11)3/h10,12H,4-7,13H2,1-3H3. The molecule has 90 valence electrons. The summed E-state index contributed by atoms with van der Waals surface area (Å²) >= 11 is 0. The second-order valence-corrected chi connectivity index (χ2v) is 4.67. The van der Waals surface area contributed by atoms with Gasteiger partial charge in [-0.25, -0.2) is 0 Å². The zero-order valence-electron chi connectivity index (χ0n) is 10.4. The minimum Gasteiger partial charge on any atom is -0.361 e. The summed E-state index contributed by atoms with van der Waals surface area (Å²) in [5, 5.41) is 4.03. The van der Waals surface area contributed by atoms with Crippen molar-refractivity contribution in [1.29, 1.82) is 0 Å².